The second-order valence-corrected chi connectivity index (χ2v) is 5.65. The fourth-order valence-corrected chi connectivity index (χ4v) is 2.78. The summed E-state index contributed by atoms with van der Waals surface area (Å²) < 4.78 is 13.3. The van der Waals surface area contributed by atoms with Crippen LogP contribution in [0.15, 0.2) is 18.2 Å². The van der Waals surface area contributed by atoms with E-state index < -0.39 is 23.6 Å². The van der Waals surface area contributed by atoms with E-state index in [9.17, 15) is 14.0 Å². The highest BCUT2D eigenvalue weighted by Crippen LogP contribution is 2.37. The Bertz CT molecular complexity index is 549. The predicted molar refractivity (Wildman–Crippen MR) is 73.1 cm³/mol. The van der Waals surface area contributed by atoms with Crippen LogP contribution < -0.4 is 5.32 Å². The topological polar surface area (TPSA) is 66.4 Å². The van der Waals surface area contributed by atoms with Crippen molar-refractivity contribution in [1.82, 2.24) is 0 Å². The van der Waals surface area contributed by atoms with Crippen molar-refractivity contribution < 1.29 is 19.1 Å². The largest absolute Gasteiger partial charge is 0.481 e. The minimum atomic E-state index is -0.961. The molecule has 2 rings (SSSR count). The number of rotatable bonds is 3. The molecule has 20 heavy (non-hydrogen) atoms. The van der Waals surface area contributed by atoms with E-state index in [0.717, 1.165) is 6.07 Å². The van der Waals surface area contributed by atoms with Gasteiger partial charge in [-0.15, -0.1) is 0 Å². The smallest absolute Gasteiger partial charge is 0.307 e. The van der Waals surface area contributed by atoms with E-state index in [0.29, 0.717) is 12.8 Å². The average Bonchev–Trinajstić information content (AvgIpc) is 2.76. The lowest BCUT2D eigenvalue weighted by molar-refractivity contribution is -0.145. The summed E-state index contributed by atoms with van der Waals surface area (Å²) in [5, 5.41) is 11.7. The quantitative estimate of drug-likeness (QED) is 0.901. The SMILES string of the molecule is CC1C[C@H](C(=O)Nc2ccc(Cl)c(F)c2)[C@H](C(=O)O)C1. The van der Waals surface area contributed by atoms with Crippen LogP contribution in [0.1, 0.15) is 19.8 Å². The summed E-state index contributed by atoms with van der Waals surface area (Å²) in [4.78, 5) is 23.3. The molecule has 0 bridgehead atoms. The molecule has 0 saturated heterocycles. The number of aliphatic carboxylic acids is 1. The van der Waals surface area contributed by atoms with Crippen LogP contribution in [0.2, 0.25) is 5.02 Å². The molecule has 0 aromatic heterocycles. The number of anilines is 1. The van der Waals surface area contributed by atoms with E-state index in [1.165, 1.54) is 12.1 Å². The van der Waals surface area contributed by atoms with Crippen molar-refractivity contribution in [1.29, 1.82) is 0 Å². The van der Waals surface area contributed by atoms with Crippen molar-refractivity contribution in [2.75, 3.05) is 5.32 Å². The zero-order chi connectivity index (χ0) is 14.9. The molecule has 1 amide bonds. The Kier molecular flexibility index (Phi) is 4.28. The average molecular weight is 300 g/mol. The minimum absolute atomic E-state index is 0.0269. The molecule has 2 N–H and O–H groups in total. The fourth-order valence-electron chi connectivity index (χ4n) is 2.66. The highest BCUT2D eigenvalue weighted by molar-refractivity contribution is 6.30. The number of carboxylic acids is 1. The van der Waals surface area contributed by atoms with Crippen LogP contribution in [0.4, 0.5) is 10.1 Å². The molecule has 1 fully saturated rings. The second kappa shape index (κ2) is 5.79. The lowest BCUT2D eigenvalue weighted by atomic mass is 9.95. The van der Waals surface area contributed by atoms with Gasteiger partial charge in [0.2, 0.25) is 5.91 Å². The highest BCUT2D eigenvalue weighted by atomic mass is 35.5. The third-order valence-corrected chi connectivity index (χ3v) is 3.95. The van der Waals surface area contributed by atoms with Gasteiger partial charge in [0.05, 0.1) is 16.9 Å². The van der Waals surface area contributed by atoms with Gasteiger partial charge in [-0.1, -0.05) is 18.5 Å². The van der Waals surface area contributed by atoms with E-state index in [2.05, 4.69) is 5.32 Å². The van der Waals surface area contributed by atoms with Gasteiger partial charge in [0.1, 0.15) is 5.82 Å². The van der Waals surface area contributed by atoms with Gasteiger partial charge in [0, 0.05) is 5.69 Å². The Labute approximate surface area is 120 Å². The molecule has 1 aliphatic rings. The van der Waals surface area contributed by atoms with Crippen LogP contribution >= 0.6 is 11.6 Å². The molecule has 4 nitrogen and oxygen atoms in total. The summed E-state index contributed by atoms with van der Waals surface area (Å²) >= 11 is 5.56. The molecule has 108 valence electrons. The van der Waals surface area contributed by atoms with Gasteiger partial charge in [-0.3, -0.25) is 9.59 Å². The Hall–Kier alpha value is -1.62. The number of carboxylic acid groups (broad SMARTS) is 1. The summed E-state index contributed by atoms with van der Waals surface area (Å²) in [7, 11) is 0. The van der Waals surface area contributed by atoms with Crippen LogP contribution in [0, 0.1) is 23.6 Å². The van der Waals surface area contributed by atoms with Gasteiger partial charge in [0.15, 0.2) is 0 Å². The molecular weight excluding hydrogens is 285 g/mol. The normalized spacial score (nSPS) is 25.4. The maximum atomic E-state index is 13.3. The van der Waals surface area contributed by atoms with Gasteiger partial charge in [-0.2, -0.15) is 0 Å². The van der Waals surface area contributed by atoms with Crippen LogP contribution in [-0.2, 0) is 9.59 Å². The van der Waals surface area contributed by atoms with Crippen molar-refractivity contribution in [3.8, 4) is 0 Å². The standard InChI is InChI=1S/C14H15ClFNO3/c1-7-4-9(10(5-7)14(19)20)13(18)17-8-2-3-11(15)12(16)6-8/h2-3,6-7,9-10H,4-5H2,1H3,(H,17,18)(H,19,20)/t7?,9-,10+/m0/s1. The lowest BCUT2D eigenvalue weighted by Gasteiger charge is -2.15. The number of carbonyl (C=O) groups is 2. The number of halogens is 2. The Balaban J connectivity index is 2.11. The van der Waals surface area contributed by atoms with E-state index in [1.54, 1.807) is 0 Å². The van der Waals surface area contributed by atoms with Crippen molar-refractivity contribution in [2.24, 2.45) is 17.8 Å². The van der Waals surface area contributed by atoms with Crippen LogP contribution in [0.3, 0.4) is 0 Å². The van der Waals surface area contributed by atoms with Crippen LogP contribution in [-0.4, -0.2) is 17.0 Å². The van der Waals surface area contributed by atoms with Crippen molar-refractivity contribution in [3.63, 3.8) is 0 Å². The molecular formula is C14H15ClFNO3. The van der Waals surface area contributed by atoms with Crippen LogP contribution in [0.25, 0.3) is 0 Å². The summed E-state index contributed by atoms with van der Waals surface area (Å²) in [5.41, 5.74) is 0.278. The summed E-state index contributed by atoms with van der Waals surface area (Å²) in [6.07, 6.45) is 1.02. The summed E-state index contributed by atoms with van der Waals surface area (Å²) in [6.45, 7) is 1.92. The van der Waals surface area contributed by atoms with Crippen molar-refractivity contribution in [3.05, 3.63) is 29.0 Å². The first-order valence-corrected chi connectivity index (χ1v) is 6.75. The number of amides is 1. The monoisotopic (exact) mass is 299 g/mol. The molecule has 0 aliphatic heterocycles. The number of benzene rings is 1. The number of nitrogens with one attached hydrogen (secondary N) is 1. The first-order chi connectivity index (χ1) is 9.38. The van der Waals surface area contributed by atoms with Crippen molar-refractivity contribution >= 4 is 29.2 Å². The summed E-state index contributed by atoms with van der Waals surface area (Å²) in [5.74, 6) is -3.04. The van der Waals surface area contributed by atoms with E-state index in [1.807, 2.05) is 6.92 Å². The molecule has 0 radical (unpaired) electrons. The number of carbonyl (C=O) groups excluding carboxylic acids is 1. The Morgan fingerprint density at radius 3 is 2.60 bits per heavy atom. The molecule has 1 aliphatic carbocycles. The van der Waals surface area contributed by atoms with E-state index in [-0.39, 0.29) is 22.5 Å². The zero-order valence-corrected chi connectivity index (χ0v) is 11.7. The van der Waals surface area contributed by atoms with E-state index >= 15 is 0 Å². The van der Waals surface area contributed by atoms with Crippen LogP contribution in [0.5, 0.6) is 0 Å². The molecule has 3 atom stereocenters. The van der Waals surface area contributed by atoms with Gasteiger partial charge in [-0.05, 0) is 37.0 Å². The third kappa shape index (κ3) is 3.10. The maximum Gasteiger partial charge on any atom is 0.307 e. The van der Waals surface area contributed by atoms with Gasteiger partial charge in [-0.25, -0.2) is 4.39 Å². The van der Waals surface area contributed by atoms with Gasteiger partial charge < -0.3 is 10.4 Å². The van der Waals surface area contributed by atoms with Gasteiger partial charge >= 0.3 is 5.97 Å². The number of hydrogen-bond donors (Lipinski definition) is 2. The first kappa shape index (κ1) is 14.8. The van der Waals surface area contributed by atoms with Crippen molar-refractivity contribution in [2.45, 2.75) is 19.8 Å². The molecule has 0 heterocycles. The van der Waals surface area contributed by atoms with Gasteiger partial charge in [0.25, 0.3) is 0 Å². The molecule has 6 heteroatoms. The Morgan fingerprint density at radius 1 is 1.35 bits per heavy atom. The molecule has 1 aromatic carbocycles. The number of hydrogen-bond acceptors (Lipinski definition) is 2. The second-order valence-electron chi connectivity index (χ2n) is 5.25. The minimum Gasteiger partial charge on any atom is -0.481 e. The third-order valence-electron chi connectivity index (χ3n) is 3.64. The predicted octanol–water partition coefficient (Wildman–Crippen LogP) is 3.16. The molecule has 1 saturated carbocycles. The molecule has 0 spiro atoms. The molecule has 1 unspecified atom stereocenters. The first-order valence-electron chi connectivity index (χ1n) is 6.37. The zero-order valence-electron chi connectivity index (χ0n) is 10.9. The molecule has 1 aromatic rings. The fraction of sp³-hybridized carbons (Fsp3) is 0.429. The maximum absolute atomic E-state index is 13.3. The highest BCUT2D eigenvalue weighted by Gasteiger charge is 2.41. The van der Waals surface area contributed by atoms with E-state index in [4.69, 9.17) is 16.7 Å². The Morgan fingerprint density at radius 2 is 2.00 bits per heavy atom. The lowest BCUT2D eigenvalue weighted by Crippen LogP contribution is -2.30. The summed E-state index contributed by atoms with van der Waals surface area (Å²) in [6, 6.07) is 3.95.